The van der Waals surface area contributed by atoms with E-state index >= 15 is 0 Å². The molecule has 6 nitrogen and oxygen atoms in total. The molecule has 1 saturated heterocycles. The van der Waals surface area contributed by atoms with Crippen molar-refractivity contribution in [1.29, 1.82) is 0 Å². The Morgan fingerprint density at radius 1 is 1.43 bits per heavy atom. The van der Waals surface area contributed by atoms with Crippen LogP contribution in [0.3, 0.4) is 0 Å². The third-order valence-electron chi connectivity index (χ3n) is 4.25. The molecule has 2 aromatic rings. The van der Waals surface area contributed by atoms with Gasteiger partial charge in [-0.3, -0.25) is 0 Å². The van der Waals surface area contributed by atoms with Crippen molar-refractivity contribution in [2.24, 2.45) is 7.05 Å². The van der Waals surface area contributed by atoms with Gasteiger partial charge in [-0.15, -0.1) is 10.2 Å². The lowest BCUT2D eigenvalue weighted by atomic mass is 9.95. The summed E-state index contributed by atoms with van der Waals surface area (Å²) in [6.07, 6.45) is 3.72. The van der Waals surface area contributed by atoms with E-state index < -0.39 is 0 Å². The Kier molecular flexibility index (Phi) is 4.77. The van der Waals surface area contributed by atoms with Gasteiger partial charge in [0.05, 0.1) is 17.9 Å². The Balaban J connectivity index is 1.85. The summed E-state index contributed by atoms with van der Waals surface area (Å²) in [5, 5.41) is 8.20. The highest BCUT2D eigenvalue weighted by molar-refractivity contribution is 14.1. The summed E-state index contributed by atoms with van der Waals surface area (Å²) in [6, 6.07) is 1.98. The van der Waals surface area contributed by atoms with Gasteiger partial charge in [0, 0.05) is 34.1 Å². The van der Waals surface area contributed by atoms with Gasteiger partial charge in [-0.05, 0) is 57.4 Å². The number of rotatable bonds is 2. The van der Waals surface area contributed by atoms with Gasteiger partial charge in [-0.2, -0.15) is 0 Å². The lowest BCUT2D eigenvalue weighted by Gasteiger charge is -2.34. The monoisotopic (exact) mass is 486 g/mol. The first-order valence-corrected chi connectivity index (χ1v) is 9.14. The van der Waals surface area contributed by atoms with Gasteiger partial charge in [0.15, 0.2) is 0 Å². The van der Waals surface area contributed by atoms with E-state index in [9.17, 15) is 0 Å². The number of benzene rings is 1. The van der Waals surface area contributed by atoms with Crippen LogP contribution in [-0.4, -0.2) is 27.9 Å². The van der Waals surface area contributed by atoms with Crippen LogP contribution < -0.4 is 10.6 Å². The molecule has 2 N–H and O–H groups in total. The highest BCUT2D eigenvalue weighted by atomic mass is 127. The number of hydrogen-bond acceptors (Lipinski definition) is 4. The van der Waals surface area contributed by atoms with Crippen LogP contribution in [0.1, 0.15) is 24.6 Å². The maximum absolute atomic E-state index is 7.49. The van der Waals surface area contributed by atoms with E-state index in [0.717, 1.165) is 45.5 Å². The SMILES string of the molecule is [C-]#[N+]c1c(N)c(I)cc(Br)c1N1CCC(c2nncn2C)CC1. The van der Waals surface area contributed by atoms with Crippen LogP contribution in [0.25, 0.3) is 4.85 Å². The molecule has 1 aliphatic rings. The molecule has 8 heteroatoms. The first-order valence-electron chi connectivity index (χ1n) is 7.26. The molecule has 0 unspecified atom stereocenters. The van der Waals surface area contributed by atoms with Crippen molar-refractivity contribution in [2.45, 2.75) is 18.8 Å². The van der Waals surface area contributed by atoms with Gasteiger partial charge >= 0.3 is 0 Å². The van der Waals surface area contributed by atoms with Gasteiger partial charge in [0.25, 0.3) is 0 Å². The second kappa shape index (κ2) is 6.65. The zero-order valence-corrected chi connectivity index (χ0v) is 16.4. The number of piperidine rings is 1. The van der Waals surface area contributed by atoms with Crippen molar-refractivity contribution >= 4 is 55.6 Å². The van der Waals surface area contributed by atoms with Gasteiger partial charge in [0.2, 0.25) is 5.69 Å². The number of anilines is 2. The van der Waals surface area contributed by atoms with Crippen LogP contribution in [0.2, 0.25) is 0 Å². The summed E-state index contributed by atoms with van der Waals surface area (Å²) < 4.78 is 3.82. The number of nitrogens with zero attached hydrogens (tertiary/aromatic N) is 5. The molecule has 1 aromatic carbocycles. The summed E-state index contributed by atoms with van der Waals surface area (Å²) in [4.78, 5) is 5.92. The summed E-state index contributed by atoms with van der Waals surface area (Å²) in [6.45, 7) is 9.24. The van der Waals surface area contributed by atoms with Gasteiger partial charge < -0.3 is 15.2 Å². The molecule has 1 aromatic heterocycles. The van der Waals surface area contributed by atoms with Gasteiger partial charge in [0.1, 0.15) is 12.2 Å². The molecule has 0 saturated carbocycles. The molecule has 0 spiro atoms. The predicted molar refractivity (Wildman–Crippen MR) is 103 cm³/mol. The maximum Gasteiger partial charge on any atom is 0.233 e. The maximum atomic E-state index is 7.49. The quantitative estimate of drug-likeness (QED) is 0.399. The fourth-order valence-corrected chi connectivity index (χ4v) is 4.71. The van der Waals surface area contributed by atoms with Crippen LogP contribution in [0.5, 0.6) is 0 Å². The largest absolute Gasteiger partial charge is 0.406 e. The van der Waals surface area contributed by atoms with E-state index in [1.54, 1.807) is 6.33 Å². The number of halogens is 2. The number of aryl methyl sites for hydroxylation is 1. The standard InChI is InChI=1S/C15H16BrIN6/c1-19-13-12(18)11(17)7-10(16)14(13)23-5-3-9(4-6-23)15-21-20-8-22(15)2/h7-9H,3-6,18H2,2H3. The van der Waals surface area contributed by atoms with E-state index in [-0.39, 0.29) is 0 Å². The number of aromatic nitrogens is 3. The molecule has 1 aliphatic heterocycles. The molecule has 0 atom stereocenters. The fourth-order valence-electron chi connectivity index (χ4n) is 3.05. The molecule has 0 radical (unpaired) electrons. The first-order chi connectivity index (χ1) is 11.0. The van der Waals surface area contributed by atoms with Crippen molar-refractivity contribution in [3.8, 4) is 0 Å². The van der Waals surface area contributed by atoms with E-state index in [1.165, 1.54) is 0 Å². The average molecular weight is 487 g/mol. The second-order valence-corrected chi connectivity index (χ2v) is 7.64. The van der Waals surface area contributed by atoms with Crippen molar-refractivity contribution < 1.29 is 0 Å². The van der Waals surface area contributed by atoms with Crippen LogP contribution in [0.15, 0.2) is 16.9 Å². The molecule has 1 fully saturated rings. The molecular weight excluding hydrogens is 471 g/mol. The first kappa shape index (κ1) is 16.5. The Morgan fingerprint density at radius 3 is 2.70 bits per heavy atom. The fraction of sp³-hybridized carbons (Fsp3) is 0.400. The Labute approximate surface area is 157 Å². The Hall–Kier alpha value is -1.34. The smallest absolute Gasteiger partial charge is 0.233 e. The molecule has 0 aliphatic carbocycles. The van der Waals surface area contributed by atoms with Crippen LogP contribution in [-0.2, 0) is 7.05 Å². The van der Waals surface area contributed by atoms with Gasteiger partial charge in [-0.1, -0.05) is 0 Å². The minimum Gasteiger partial charge on any atom is -0.406 e. The summed E-state index contributed by atoms with van der Waals surface area (Å²) >= 11 is 5.77. The molecule has 0 bridgehead atoms. The Bertz CT molecular complexity index is 773. The Morgan fingerprint density at radius 2 is 2.13 bits per heavy atom. The minimum absolute atomic E-state index is 0.412. The highest BCUT2D eigenvalue weighted by Crippen LogP contribution is 2.44. The van der Waals surface area contributed by atoms with Crippen molar-refractivity contribution in [3.63, 3.8) is 0 Å². The van der Waals surface area contributed by atoms with Gasteiger partial charge in [-0.25, -0.2) is 4.85 Å². The zero-order chi connectivity index (χ0) is 16.6. The molecule has 120 valence electrons. The van der Waals surface area contributed by atoms with Crippen molar-refractivity contribution in [1.82, 2.24) is 14.8 Å². The van der Waals surface area contributed by atoms with Crippen molar-refractivity contribution in [2.75, 3.05) is 23.7 Å². The molecular formula is C15H16BrIN6. The predicted octanol–water partition coefficient (Wildman–Crippen LogP) is 3.70. The number of nitrogen functional groups attached to an aromatic ring is 1. The van der Waals surface area contributed by atoms with Crippen LogP contribution in [0.4, 0.5) is 17.1 Å². The highest BCUT2D eigenvalue weighted by Gasteiger charge is 2.27. The summed E-state index contributed by atoms with van der Waals surface area (Å²) in [7, 11) is 1.98. The number of nitrogens with two attached hydrogens (primary N) is 1. The molecule has 23 heavy (non-hydrogen) atoms. The normalized spacial score (nSPS) is 15.7. The van der Waals surface area contributed by atoms with Crippen LogP contribution >= 0.6 is 38.5 Å². The molecule has 3 rings (SSSR count). The molecule has 2 heterocycles. The average Bonchev–Trinajstić information content (AvgIpc) is 2.97. The third kappa shape index (κ3) is 3.04. The lowest BCUT2D eigenvalue weighted by molar-refractivity contribution is 0.474. The van der Waals surface area contributed by atoms with E-state index in [2.05, 4.69) is 58.5 Å². The van der Waals surface area contributed by atoms with Crippen molar-refractivity contribution in [3.05, 3.63) is 37.7 Å². The number of hydrogen-bond donors (Lipinski definition) is 1. The minimum atomic E-state index is 0.412. The lowest BCUT2D eigenvalue weighted by Crippen LogP contribution is -2.34. The topological polar surface area (TPSA) is 64.3 Å². The zero-order valence-electron chi connectivity index (χ0n) is 12.6. The second-order valence-electron chi connectivity index (χ2n) is 5.62. The summed E-state index contributed by atoms with van der Waals surface area (Å²) in [5.74, 6) is 1.45. The molecule has 0 amide bonds. The third-order valence-corrected chi connectivity index (χ3v) is 5.75. The van der Waals surface area contributed by atoms with E-state index in [1.807, 2.05) is 17.7 Å². The van der Waals surface area contributed by atoms with E-state index in [4.69, 9.17) is 12.3 Å². The summed E-state index contributed by atoms with van der Waals surface area (Å²) in [5.41, 5.74) is 8.12. The van der Waals surface area contributed by atoms with E-state index in [0.29, 0.717) is 17.3 Å². The van der Waals surface area contributed by atoms with Crippen LogP contribution in [0, 0.1) is 10.1 Å².